The highest BCUT2D eigenvalue weighted by Crippen LogP contribution is 2.26. The van der Waals surface area contributed by atoms with Crippen molar-refractivity contribution in [2.75, 3.05) is 26.5 Å². The lowest BCUT2D eigenvalue weighted by atomic mass is 10.1. The van der Waals surface area contributed by atoms with E-state index in [2.05, 4.69) is 5.32 Å². The molecule has 25 heavy (non-hydrogen) atoms. The van der Waals surface area contributed by atoms with Crippen molar-refractivity contribution < 1.29 is 22.3 Å². The normalized spacial score (nSPS) is 11.4. The fourth-order valence-corrected chi connectivity index (χ4v) is 3.09. The van der Waals surface area contributed by atoms with E-state index in [0.717, 1.165) is 28.1 Å². The van der Waals surface area contributed by atoms with Gasteiger partial charge in [-0.1, -0.05) is 6.07 Å². The van der Waals surface area contributed by atoms with Gasteiger partial charge in [0.15, 0.2) is 0 Å². The molecule has 0 aliphatic heterocycles. The molecular weight excluding hydrogens is 347 g/mol. The summed E-state index contributed by atoms with van der Waals surface area (Å²) in [5.41, 5.74) is 0.875. The van der Waals surface area contributed by atoms with Crippen LogP contribution in [-0.2, 0) is 10.0 Å². The predicted molar refractivity (Wildman–Crippen MR) is 93.0 cm³/mol. The highest BCUT2D eigenvalue weighted by atomic mass is 32.2. The SMILES string of the molecule is COc1ccc(C)cc1NC(=O)c1cc(S(=O)(=O)N(C)C)ccc1F. The molecule has 0 aliphatic carbocycles. The molecule has 0 heterocycles. The number of rotatable bonds is 5. The van der Waals surface area contributed by atoms with E-state index in [9.17, 15) is 17.6 Å². The van der Waals surface area contributed by atoms with Crippen molar-refractivity contribution in [2.24, 2.45) is 0 Å². The van der Waals surface area contributed by atoms with E-state index in [1.165, 1.54) is 21.2 Å². The van der Waals surface area contributed by atoms with Crippen LogP contribution in [0, 0.1) is 12.7 Å². The van der Waals surface area contributed by atoms with Gasteiger partial charge in [-0.3, -0.25) is 4.79 Å². The zero-order chi connectivity index (χ0) is 18.8. The van der Waals surface area contributed by atoms with E-state index >= 15 is 0 Å². The van der Waals surface area contributed by atoms with E-state index < -0.39 is 21.7 Å². The third-order valence-corrected chi connectivity index (χ3v) is 5.38. The van der Waals surface area contributed by atoms with E-state index in [1.807, 2.05) is 6.92 Å². The molecule has 8 heteroatoms. The number of ether oxygens (including phenoxy) is 1. The second kappa shape index (κ2) is 7.20. The van der Waals surface area contributed by atoms with Gasteiger partial charge < -0.3 is 10.1 Å². The molecule has 0 atom stereocenters. The van der Waals surface area contributed by atoms with Crippen LogP contribution >= 0.6 is 0 Å². The van der Waals surface area contributed by atoms with Crippen LogP contribution in [0.15, 0.2) is 41.3 Å². The number of amides is 1. The standard InChI is InChI=1S/C17H19FN2O4S/c1-11-5-8-16(24-4)15(9-11)19-17(21)13-10-12(6-7-14(13)18)25(22,23)20(2)3/h5-10H,1-4H3,(H,19,21). The molecule has 0 unspecified atom stereocenters. The summed E-state index contributed by atoms with van der Waals surface area (Å²) in [7, 11) is 0.384. The Kier molecular flexibility index (Phi) is 5.44. The summed E-state index contributed by atoms with van der Waals surface area (Å²) in [5.74, 6) is -1.17. The van der Waals surface area contributed by atoms with Crippen LogP contribution in [0.25, 0.3) is 0 Å². The maximum atomic E-state index is 14.1. The fourth-order valence-electron chi connectivity index (χ4n) is 2.16. The Hall–Kier alpha value is -2.45. The monoisotopic (exact) mass is 366 g/mol. The Morgan fingerprint density at radius 2 is 1.84 bits per heavy atom. The Morgan fingerprint density at radius 1 is 1.16 bits per heavy atom. The highest BCUT2D eigenvalue weighted by molar-refractivity contribution is 7.89. The highest BCUT2D eigenvalue weighted by Gasteiger charge is 2.22. The third-order valence-electron chi connectivity index (χ3n) is 3.56. The molecule has 0 fully saturated rings. The lowest BCUT2D eigenvalue weighted by Gasteiger charge is -2.14. The zero-order valence-electron chi connectivity index (χ0n) is 14.3. The Morgan fingerprint density at radius 3 is 2.44 bits per heavy atom. The van der Waals surface area contributed by atoms with Crippen molar-refractivity contribution in [2.45, 2.75) is 11.8 Å². The number of hydrogen-bond acceptors (Lipinski definition) is 4. The minimum atomic E-state index is -3.78. The van der Waals surface area contributed by atoms with Crippen molar-refractivity contribution in [1.29, 1.82) is 0 Å². The van der Waals surface area contributed by atoms with Crippen molar-refractivity contribution in [3.63, 3.8) is 0 Å². The molecule has 0 aliphatic rings. The molecule has 1 amide bonds. The molecule has 2 aromatic carbocycles. The Balaban J connectivity index is 2.42. The Bertz CT molecular complexity index is 911. The second-order valence-electron chi connectivity index (χ2n) is 5.59. The number of nitrogens with zero attached hydrogens (tertiary/aromatic N) is 1. The number of aryl methyl sites for hydroxylation is 1. The summed E-state index contributed by atoms with van der Waals surface area (Å²) in [6.07, 6.45) is 0. The van der Waals surface area contributed by atoms with Gasteiger partial charge in [0.05, 0.1) is 23.3 Å². The topological polar surface area (TPSA) is 75.7 Å². The Labute approximate surface area is 146 Å². The minimum absolute atomic E-state index is 0.166. The molecule has 1 N–H and O–H groups in total. The number of hydrogen-bond donors (Lipinski definition) is 1. The van der Waals surface area contributed by atoms with Crippen LogP contribution in [0.3, 0.4) is 0 Å². The predicted octanol–water partition coefficient (Wildman–Crippen LogP) is 2.65. The van der Waals surface area contributed by atoms with Crippen LogP contribution in [0.5, 0.6) is 5.75 Å². The molecule has 134 valence electrons. The zero-order valence-corrected chi connectivity index (χ0v) is 15.1. The molecule has 0 saturated carbocycles. The van der Waals surface area contributed by atoms with E-state index in [-0.39, 0.29) is 10.5 Å². The number of methoxy groups -OCH3 is 1. The molecule has 0 bridgehead atoms. The van der Waals surface area contributed by atoms with Gasteiger partial charge in [-0.2, -0.15) is 0 Å². The number of carbonyl (C=O) groups excluding carboxylic acids is 1. The van der Waals surface area contributed by atoms with Crippen molar-refractivity contribution >= 4 is 21.6 Å². The lowest BCUT2D eigenvalue weighted by molar-refractivity contribution is 0.102. The minimum Gasteiger partial charge on any atom is -0.495 e. The van der Waals surface area contributed by atoms with Gasteiger partial charge in [0.25, 0.3) is 5.91 Å². The summed E-state index contributed by atoms with van der Waals surface area (Å²) >= 11 is 0. The smallest absolute Gasteiger partial charge is 0.258 e. The largest absolute Gasteiger partial charge is 0.495 e. The van der Waals surface area contributed by atoms with E-state index in [4.69, 9.17) is 4.74 Å². The van der Waals surface area contributed by atoms with Crippen LogP contribution in [0.4, 0.5) is 10.1 Å². The first-order chi connectivity index (χ1) is 11.7. The maximum absolute atomic E-state index is 14.1. The summed E-state index contributed by atoms with van der Waals surface area (Å²) in [6, 6.07) is 8.25. The van der Waals surface area contributed by atoms with Crippen LogP contribution in [-0.4, -0.2) is 39.8 Å². The molecule has 0 aromatic heterocycles. The van der Waals surface area contributed by atoms with Gasteiger partial charge >= 0.3 is 0 Å². The summed E-state index contributed by atoms with van der Waals surface area (Å²) in [4.78, 5) is 12.3. The first kappa shape index (κ1) is 18.9. The van der Waals surface area contributed by atoms with Gasteiger partial charge in [-0.25, -0.2) is 17.1 Å². The number of nitrogens with one attached hydrogen (secondary N) is 1. The van der Waals surface area contributed by atoms with Gasteiger partial charge in [-0.15, -0.1) is 0 Å². The summed E-state index contributed by atoms with van der Waals surface area (Å²) in [5, 5.41) is 2.55. The number of halogens is 1. The molecule has 0 saturated heterocycles. The van der Waals surface area contributed by atoms with Gasteiger partial charge in [0.2, 0.25) is 10.0 Å². The lowest BCUT2D eigenvalue weighted by Crippen LogP contribution is -2.23. The number of anilines is 1. The molecule has 2 rings (SSSR count). The first-order valence-electron chi connectivity index (χ1n) is 7.35. The maximum Gasteiger partial charge on any atom is 0.258 e. The summed E-state index contributed by atoms with van der Waals surface area (Å²) < 4.78 is 44.6. The van der Waals surface area contributed by atoms with Crippen LogP contribution in [0.1, 0.15) is 15.9 Å². The molecule has 2 aromatic rings. The third kappa shape index (κ3) is 3.97. The molecule has 0 radical (unpaired) electrons. The first-order valence-corrected chi connectivity index (χ1v) is 8.79. The fraction of sp³-hybridized carbons (Fsp3) is 0.235. The van der Waals surface area contributed by atoms with Crippen LogP contribution < -0.4 is 10.1 Å². The van der Waals surface area contributed by atoms with E-state index in [1.54, 1.807) is 18.2 Å². The quantitative estimate of drug-likeness (QED) is 0.883. The second-order valence-corrected chi connectivity index (χ2v) is 7.74. The van der Waals surface area contributed by atoms with Crippen molar-refractivity contribution in [1.82, 2.24) is 4.31 Å². The number of sulfonamides is 1. The van der Waals surface area contributed by atoms with E-state index in [0.29, 0.717) is 11.4 Å². The van der Waals surface area contributed by atoms with Gasteiger partial charge in [-0.05, 0) is 42.8 Å². The number of benzene rings is 2. The molecule has 6 nitrogen and oxygen atoms in total. The van der Waals surface area contributed by atoms with Crippen molar-refractivity contribution in [3.05, 3.63) is 53.3 Å². The van der Waals surface area contributed by atoms with Crippen molar-refractivity contribution in [3.8, 4) is 5.75 Å². The van der Waals surface area contributed by atoms with Gasteiger partial charge in [0.1, 0.15) is 11.6 Å². The molecule has 0 spiro atoms. The van der Waals surface area contributed by atoms with Crippen LogP contribution in [0.2, 0.25) is 0 Å². The summed E-state index contributed by atoms with van der Waals surface area (Å²) in [6.45, 7) is 1.83. The average Bonchev–Trinajstić information content (AvgIpc) is 2.55. The average molecular weight is 366 g/mol. The number of carbonyl (C=O) groups is 1. The van der Waals surface area contributed by atoms with Gasteiger partial charge in [0, 0.05) is 14.1 Å². The molecular formula is C17H19FN2O4S.